The zero-order valence-electron chi connectivity index (χ0n) is 16.0. The Morgan fingerprint density at radius 1 is 1.18 bits per heavy atom. The standard InChI is InChI=1S/C21H25NO6/c1-21(7-5-14-10-17(25)19(27-2)11-18(14)28-21)12-20(26)22-8-6-13-3-4-15(23)16(24)9-13/h3-4,9-11,23-25H,5-8,12H2,1-2H3,(H,22,26). The molecule has 1 unspecified atom stereocenters. The van der Waals surface area contributed by atoms with E-state index in [1.807, 2.05) is 6.92 Å². The van der Waals surface area contributed by atoms with Crippen LogP contribution in [0.5, 0.6) is 28.7 Å². The molecule has 4 N–H and O–H groups in total. The van der Waals surface area contributed by atoms with E-state index in [9.17, 15) is 20.1 Å². The first-order chi connectivity index (χ1) is 13.3. The summed E-state index contributed by atoms with van der Waals surface area (Å²) in [4.78, 5) is 12.4. The Morgan fingerprint density at radius 2 is 1.96 bits per heavy atom. The summed E-state index contributed by atoms with van der Waals surface area (Å²) in [5, 5.41) is 31.6. The molecule has 7 heteroatoms. The molecule has 150 valence electrons. The van der Waals surface area contributed by atoms with Crippen LogP contribution in [0.2, 0.25) is 0 Å². The molecule has 0 spiro atoms. The van der Waals surface area contributed by atoms with Crippen molar-refractivity contribution in [2.75, 3.05) is 13.7 Å². The van der Waals surface area contributed by atoms with Gasteiger partial charge < -0.3 is 30.1 Å². The van der Waals surface area contributed by atoms with Crippen LogP contribution in [0.15, 0.2) is 30.3 Å². The lowest BCUT2D eigenvalue weighted by atomic mass is 9.89. The zero-order valence-corrected chi connectivity index (χ0v) is 16.0. The summed E-state index contributed by atoms with van der Waals surface area (Å²) in [6.45, 7) is 2.31. The number of benzene rings is 2. The topological polar surface area (TPSA) is 108 Å². The summed E-state index contributed by atoms with van der Waals surface area (Å²) in [7, 11) is 1.48. The maximum atomic E-state index is 12.4. The lowest BCUT2D eigenvalue weighted by molar-refractivity contribution is -0.125. The van der Waals surface area contributed by atoms with Crippen LogP contribution in [0.4, 0.5) is 0 Å². The predicted molar refractivity (Wildman–Crippen MR) is 103 cm³/mol. The maximum Gasteiger partial charge on any atom is 0.224 e. The second kappa shape index (κ2) is 7.88. The highest BCUT2D eigenvalue weighted by Gasteiger charge is 2.34. The SMILES string of the molecule is COc1cc2c(cc1O)CCC(C)(CC(=O)NCCc1ccc(O)c(O)c1)O2. The van der Waals surface area contributed by atoms with Crippen molar-refractivity contribution in [3.8, 4) is 28.7 Å². The van der Waals surface area contributed by atoms with Gasteiger partial charge in [0.15, 0.2) is 23.0 Å². The third-order valence-corrected chi connectivity index (χ3v) is 4.95. The lowest BCUT2D eigenvalue weighted by Gasteiger charge is -2.35. The van der Waals surface area contributed by atoms with Gasteiger partial charge in [-0.1, -0.05) is 6.07 Å². The normalized spacial score (nSPS) is 18.1. The molecule has 0 radical (unpaired) electrons. The van der Waals surface area contributed by atoms with Crippen LogP contribution in [0.1, 0.15) is 30.9 Å². The van der Waals surface area contributed by atoms with E-state index in [2.05, 4.69) is 5.32 Å². The maximum absolute atomic E-state index is 12.4. The van der Waals surface area contributed by atoms with E-state index in [1.165, 1.54) is 19.2 Å². The van der Waals surface area contributed by atoms with Gasteiger partial charge in [0, 0.05) is 12.6 Å². The highest BCUT2D eigenvalue weighted by molar-refractivity contribution is 5.77. The highest BCUT2D eigenvalue weighted by Crippen LogP contribution is 2.41. The molecule has 0 fully saturated rings. The Balaban J connectivity index is 1.55. The number of phenols is 3. The minimum Gasteiger partial charge on any atom is -0.504 e. The fourth-order valence-corrected chi connectivity index (χ4v) is 3.36. The Hall–Kier alpha value is -3.09. The fraction of sp³-hybridized carbons (Fsp3) is 0.381. The van der Waals surface area contributed by atoms with Crippen LogP contribution in [0.3, 0.4) is 0 Å². The van der Waals surface area contributed by atoms with Gasteiger partial charge in [0.05, 0.1) is 13.5 Å². The van der Waals surface area contributed by atoms with Gasteiger partial charge in [0.25, 0.3) is 0 Å². The first kappa shape index (κ1) is 19.7. The van der Waals surface area contributed by atoms with Gasteiger partial charge >= 0.3 is 0 Å². The average Bonchev–Trinajstić information content (AvgIpc) is 2.64. The van der Waals surface area contributed by atoms with Crippen molar-refractivity contribution in [3.05, 3.63) is 41.5 Å². The number of nitrogens with one attached hydrogen (secondary N) is 1. The van der Waals surface area contributed by atoms with Gasteiger partial charge in [0.2, 0.25) is 5.91 Å². The molecule has 2 aromatic rings. The largest absolute Gasteiger partial charge is 0.504 e. The minimum atomic E-state index is -0.643. The third-order valence-electron chi connectivity index (χ3n) is 4.95. The molecule has 1 heterocycles. The van der Waals surface area contributed by atoms with Crippen LogP contribution in [0.25, 0.3) is 0 Å². The number of hydrogen-bond donors (Lipinski definition) is 4. The van der Waals surface area contributed by atoms with Crippen LogP contribution in [0, 0.1) is 0 Å². The fourth-order valence-electron chi connectivity index (χ4n) is 3.36. The van der Waals surface area contributed by atoms with Gasteiger partial charge in [-0.05, 0) is 55.5 Å². The second-order valence-electron chi connectivity index (χ2n) is 7.28. The van der Waals surface area contributed by atoms with Crippen molar-refractivity contribution >= 4 is 5.91 Å². The van der Waals surface area contributed by atoms with Gasteiger partial charge in [-0.15, -0.1) is 0 Å². The molecule has 2 aromatic carbocycles. The summed E-state index contributed by atoms with van der Waals surface area (Å²) in [6, 6.07) is 7.89. The molecule has 0 aromatic heterocycles. The molecule has 3 rings (SSSR count). The number of carbonyl (C=O) groups excluding carboxylic acids is 1. The van der Waals surface area contributed by atoms with Crippen LogP contribution < -0.4 is 14.8 Å². The van der Waals surface area contributed by atoms with Crippen molar-refractivity contribution in [3.63, 3.8) is 0 Å². The second-order valence-corrected chi connectivity index (χ2v) is 7.28. The molecule has 0 saturated heterocycles. The molecular weight excluding hydrogens is 362 g/mol. The van der Waals surface area contributed by atoms with E-state index < -0.39 is 5.60 Å². The number of phenolic OH excluding ortho intramolecular Hbond substituents is 3. The summed E-state index contributed by atoms with van der Waals surface area (Å²) in [6.07, 6.45) is 2.10. The van der Waals surface area contributed by atoms with Crippen LogP contribution in [-0.4, -0.2) is 40.5 Å². The zero-order chi connectivity index (χ0) is 20.3. The van der Waals surface area contributed by atoms with Gasteiger partial charge in [-0.25, -0.2) is 0 Å². The summed E-state index contributed by atoms with van der Waals surface area (Å²) in [5.41, 5.74) is 1.07. The first-order valence-corrected chi connectivity index (χ1v) is 9.16. The molecular formula is C21H25NO6. The number of methoxy groups -OCH3 is 1. The van der Waals surface area contributed by atoms with E-state index in [0.717, 1.165) is 11.1 Å². The number of rotatable bonds is 6. The van der Waals surface area contributed by atoms with Crippen LogP contribution >= 0.6 is 0 Å². The van der Waals surface area contributed by atoms with E-state index in [0.29, 0.717) is 37.3 Å². The number of amides is 1. The number of fused-ring (bicyclic) bond motifs is 1. The Kier molecular flexibility index (Phi) is 5.53. The van der Waals surface area contributed by atoms with E-state index in [4.69, 9.17) is 9.47 Å². The predicted octanol–water partition coefficient (Wildman–Crippen LogP) is 2.64. The van der Waals surface area contributed by atoms with Gasteiger partial charge in [0.1, 0.15) is 11.4 Å². The van der Waals surface area contributed by atoms with Crippen molar-refractivity contribution in [1.29, 1.82) is 0 Å². The van der Waals surface area contributed by atoms with Crippen molar-refractivity contribution in [2.24, 2.45) is 0 Å². The highest BCUT2D eigenvalue weighted by atomic mass is 16.5. The van der Waals surface area contributed by atoms with E-state index in [-0.39, 0.29) is 29.6 Å². The molecule has 1 atom stereocenters. The van der Waals surface area contributed by atoms with Crippen molar-refractivity contribution < 1.29 is 29.6 Å². The number of hydrogen-bond acceptors (Lipinski definition) is 6. The molecule has 7 nitrogen and oxygen atoms in total. The number of ether oxygens (including phenoxy) is 2. The van der Waals surface area contributed by atoms with Gasteiger partial charge in [-0.3, -0.25) is 4.79 Å². The first-order valence-electron chi connectivity index (χ1n) is 9.16. The monoisotopic (exact) mass is 387 g/mol. The average molecular weight is 387 g/mol. The molecule has 1 aliphatic heterocycles. The van der Waals surface area contributed by atoms with E-state index >= 15 is 0 Å². The van der Waals surface area contributed by atoms with Crippen LogP contribution in [-0.2, 0) is 17.6 Å². The molecule has 0 saturated carbocycles. The number of carbonyl (C=O) groups is 1. The Labute approximate surface area is 163 Å². The lowest BCUT2D eigenvalue weighted by Crippen LogP contribution is -2.42. The summed E-state index contributed by atoms with van der Waals surface area (Å²) in [5.74, 6) is 0.569. The molecule has 0 bridgehead atoms. The van der Waals surface area contributed by atoms with E-state index in [1.54, 1.807) is 18.2 Å². The van der Waals surface area contributed by atoms with Gasteiger partial charge in [-0.2, -0.15) is 0 Å². The third kappa shape index (κ3) is 4.42. The molecule has 0 aliphatic carbocycles. The summed E-state index contributed by atoms with van der Waals surface area (Å²) < 4.78 is 11.2. The Bertz CT molecular complexity index is 881. The Morgan fingerprint density at radius 3 is 2.68 bits per heavy atom. The minimum absolute atomic E-state index is 0.0754. The number of aromatic hydroxyl groups is 3. The smallest absolute Gasteiger partial charge is 0.224 e. The molecule has 28 heavy (non-hydrogen) atoms. The number of aryl methyl sites for hydroxylation is 1. The molecule has 1 amide bonds. The molecule has 1 aliphatic rings. The van der Waals surface area contributed by atoms with Crippen molar-refractivity contribution in [2.45, 2.75) is 38.2 Å². The van der Waals surface area contributed by atoms with Crippen molar-refractivity contribution in [1.82, 2.24) is 5.32 Å². The quantitative estimate of drug-likeness (QED) is 0.568. The summed E-state index contributed by atoms with van der Waals surface area (Å²) >= 11 is 0.